The lowest BCUT2D eigenvalue weighted by molar-refractivity contribution is -0.135. The third-order valence-electron chi connectivity index (χ3n) is 6.82. The number of imide groups is 2. The summed E-state index contributed by atoms with van der Waals surface area (Å²) in [6.07, 6.45) is 0.503. The van der Waals surface area contributed by atoms with E-state index in [1.54, 1.807) is 79.7 Å². The number of fused-ring (bicyclic) bond motifs is 2. The standard InChI is InChI=1S/C31H28N4O7/c1-2-41-31(40)26(12-7-17-34-27(36)22-8-3-4-9-23(22)28(34)37)33-32-20-13-15-21(16-14-20)42-19-18-35-29(38)24-10-5-6-11-25(24)30(35)39/h3-6,8-11,13-16,32H,2,7,12,17-19H2,1H3/b33-26+. The highest BCUT2D eigenvalue weighted by atomic mass is 16.5. The van der Waals surface area contributed by atoms with Gasteiger partial charge in [0.1, 0.15) is 18.1 Å². The molecule has 0 bridgehead atoms. The Hall–Kier alpha value is -5.32. The third-order valence-corrected chi connectivity index (χ3v) is 6.82. The molecule has 0 fully saturated rings. The first-order chi connectivity index (χ1) is 20.4. The van der Waals surface area contributed by atoms with Crippen molar-refractivity contribution in [2.24, 2.45) is 5.10 Å². The van der Waals surface area contributed by atoms with Crippen LogP contribution in [0.3, 0.4) is 0 Å². The van der Waals surface area contributed by atoms with Gasteiger partial charge in [0.25, 0.3) is 23.6 Å². The second-order valence-corrected chi connectivity index (χ2v) is 9.48. The summed E-state index contributed by atoms with van der Waals surface area (Å²) in [5, 5.41) is 4.22. The van der Waals surface area contributed by atoms with Gasteiger partial charge in [0.15, 0.2) is 0 Å². The molecule has 11 nitrogen and oxygen atoms in total. The molecule has 2 aliphatic heterocycles. The van der Waals surface area contributed by atoms with Gasteiger partial charge in [-0.2, -0.15) is 5.10 Å². The number of ether oxygens (including phenoxy) is 2. The fraction of sp³-hybridized carbons (Fsp3) is 0.226. The average Bonchev–Trinajstić information content (AvgIpc) is 3.40. The van der Waals surface area contributed by atoms with Crippen molar-refractivity contribution in [2.45, 2.75) is 19.8 Å². The van der Waals surface area contributed by atoms with E-state index in [1.807, 2.05) is 0 Å². The van der Waals surface area contributed by atoms with E-state index in [0.717, 1.165) is 0 Å². The Balaban J connectivity index is 1.13. The highest BCUT2D eigenvalue weighted by molar-refractivity contribution is 6.36. The van der Waals surface area contributed by atoms with Crippen molar-refractivity contribution in [3.8, 4) is 5.75 Å². The first-order valence-corrected chi connectivity index (χ1v) is 13.5. The zero-order chi connectivity index (χ0) is 29.6. The molecule has 2 heterocycles. The summed E-state index contributed by atoms with van der Waals surface area (Å²) >= 11 is 0. The smallest absolute Gasteiger partial charge is 0.354 e. The summed E-state index contributed by atoms with van der Waals surface area (Å²) in [7, 11) is 0. The highest BCUT2D eigenvalue weighted by Gasteiger charge is 2.35. The first-order valence-electron chi connectivity index (χ1n) is 13.5. The van der Waals surface area contributed by atoms with Crippen molar-refractivity contribution in [3.63, 3.8) is 0 Å². The summed E-state index contributed by atoms with van der Waals surface area (Å²) in [5.41, 5.74) is 5.06. The Morgan fingerprint density at radius 2 is 1.24 bits per heavy atom. The van der Waals surface area contributed by atoms with Crippen LogP contribution in [-0.4, -0.2) is 71.4 Å². The van der Waals surface area contributed by atoms with Gasteiger partial charge in [-0.05, 0) is 61.9 Å². The lowest BCUT2D eigenvalue weighted by Gasteiger charge is -2.15. The van der Waals surface area contributed by atoms with Gasteiger partial charge in [0.05, 0.1) is 41.1 Å². The van der Waals surface area contributed by atoms with E-state index in [9.17, 15) is 24.0 Å². The normalized spacial score (nSPS) is 14.3. The molecule has 42 heavy (non-hydrogen) atoms. The van der Waals surface area contributed by atoms with Gasteiger partial charge in [-0.15, -0.1) is 0 Å². The fourth-order valence-corrected chi connectivity index (χ4v) is 4.72. The number of benzene rings is 3. The van der Waals surface area contributed by atoms with E-state index in [0.29, 0.717) is 40.1 Å². The molecule has 0 unspecified atom stereocenters. The molecule has 214 valence electrons. The van der Waals surface area contributed by atoms with Crippen molar-refractivity contribution >= 4 is 41.0 Å². The Morgan fingerprint density at radius 1 is 0.738 bits per heavy atom. The lowest BCUT2D eigenvalue weighted by atomic mass is 10.1. The van der Waals surface area contributed by atoms with Gasteiger partial charge < -0.3 is 9.47 Å². The molecule has 0 radical (unpaired) electrons. The van der Waals surface area contributed by atoms with Gasteiger partial charge in [0.2, 0.25) is 0 Å². The van der Waals surface area contributed by atoms with E-state index < -0.39 is 5.97 Å². The maximum absolute atomic E-state index is 12.6. The van der Waals surface area contributed by atoms with E-state index in [4.69, 9.17) is 9.47 Å². The number of rotatable bonds is 12. The zero-order valence-electron chi connectivity index (χ0n) is 22.9. The van der Waals surface area contributed by atoms with Crippen LogP contribution in [-0.2, 0) is 9.53 Å². The molecular weight excluding hydrogens is 540 g/mol. The van der Waals surface area contributed by atoms with Crippen LogP contribution >= 0.6 is 0 Å². The van der Waals surface area contributed by atoms with Crippen LogP contribution in [0.1, 0.15) is 61.2 Å². The molecule has 0 atom stereocenters. The van der Waals surface area contributed by atoms with Gasteiger partial charge >= 0.3 is 5.97 Å². The van der Waals surface area contributed by atoms with Crippen LogP contribution in [0.15, 0.2) is 77.9 Å². The number of carbonyl (C=O) groups excluding carboxylic acids is 5. The summed E-state index contributed by atoms with van der Waals surface area (Å²) in [5.74, 6) is -1.45. The Kier molecular flexibility index (Phi) is 8.37. The number of hydrazone groups is 1. The molecule has 0 saturated heterocycles. The predicted octanol–water partition coefficient (Wildman–Crippen LogP) is 3.77. The van der Waals surface area contributed by atoms with Gasteiger partial charge in [0, 0.05) is 13.0 Å². The summed E-state index contributed by atoms with van der Waals surface area (Å²) in [4.78, 5) is 65.0. The number of amides is 4. The van der Waals surface area contributed by atoms with Gasteiger partial charge in [-0.3, -0.25) is 34.4 Å². The quantitative estimate of drug-likeness (QED) is 0.151. The molecule has 2 aliphatic rings. The molecule has 11 heteroatoms. The molecule has 1 N–H and O–H groups in total. The maximum atomic E-state index is 12.6. The average molecular weight is 569 g/mol. The summed E-state index contributed by atoms with van der Waals surface area (Å²) in [6.45, 7) is 2.23. The van der Waals surface area contributed by atoms with E-state index in [1.165, 1.54) is 9.80 Å². The van der Waals surface area contributed by atoms with Crippen LogP contribution < -0.4 is 10.2 Å². The van der Waals surface area contributed by atoms with Crippen molar-refractivity contribution < 1.29 is 33.4 Å². The minimum absolute atomic E-state index is 0.111. The SMILES string of the molecule is CCOC(=O)/C(CCCN1C(=O)c2ccccc2C1=O)=N/Nc1ccc(OCCN2C(=O)c3ccccc3C2=O)cc1. The van der Waals surface area contributed by atoms with Crippen LogP contribution in [0.5, 0.6) is 5.75 Å². The first kappa shape index (κ1) is 28.2. The number of anilines is 1. The summed E-state index contributed by atoms with van der Waals surface area (Å²) in [6, 6.07) is 20.1. The molecule has 0 saturated carbocycles. The van der Waals surface area contributed by atoms with E-state index in [-0.39, 0.29) is 62.1 Å². The van der Waals surface area contributed by atoms with Crippen molar-refractivity contribution in [2.75, 3.05) is 31.7 Å². The molecular formula is C31H28N4O7. The van der Waals surface area contributed by atoms with E-state index in [2.05, 4.69) is 10.5 Å². The zero-order valence-corrected chi connectivity index (χ0v) is 22.9. The van der Waals surface area contributed by atoms with Crippen LogP contribution in [0.2, 0.25) is 0 Å². The number of nitrogens with zero attached hydrogens (tertiary/aromatic N) is 3. The number of nitrogens with one attached hydrogen (secondary N) is 1. The summed E-state index contributed by atoms with van der Waals surface area (Å²) < 4.78 is 10.8. The Labute approximate surface area is 241 Å². The van der Waals surface area contributed by atoms with Crippen LogP contribution in [0.4, 0.5) is 5.69 Å². The molecule has 3 aromatic carbocycles. The van der Waals surface area contributed by atoms with Crippen LogP contribution in [0.25, 0.3) is 0 Å². The Bertz CT molecular complexity index is 1510. The van der Waals surface area contributed by atoms with Crippen molar-refractivity contribution in [3.05, 3.63) is 95.1 Å². The predicted molar refractivity (Wildman–Crippen MR) is 152 cm³/mol. The molecule has 0 aliphatic carbocycles. The highest BCUT2D eigenvalue weighted by Crippen LogP contribution is 2.24. The lowest BCUT2D eigenvalue weighted by Crippen LogP contribution is -2.33. The molecule has 3 aromatic rings. The van der Waals surface area contributed by atoms with Gasteiger partial charge in [-0.25, -0.2) is 4.79 Å². The number of carbonyl (C=O) groups is 5. The fourth-order valence-electron chi connectivity index (χ4n) is 4.72. The van der Waals surface area contributed by atoms with Crippen LogP contribution in [0, 0.1) is 0 Å². The van der Waals surface area contributed by atoms with Crippen molar-refractivity contribution in [1.82, 2.24) is 9.80 Å². The second kappa shape index (κ2) is 12.5. The molecule has 0 aromatic heterocycles. The Morgan fingerprint density at radius 3 is 1.74 bits per heavy atom. The monoisotopic (exact) mass is 568 g/mol. The second-order valence-electron chi connectivity index (χ2n) is 9.48. The topological polar surface area (TPSA) is 135 Å². The molecule has 4 amide bonds. The number of esters is 1. The maximum Gasteiger partial charge on any atom is 0.354 e. The van der Waals surface area contributed by atoms with E-state index >= 15 is 0 Å². The molecule has 0 spiro atoms. The van der Waals surface area contributed by atoms with Gasteiger partial charge in [-0.1, -0.05) is 24.3 Å². The minimum atomic E-state index is -0.597. The number of hydrogen-bond acceptors (Lipinski definition) is 9. The third kappa shape index (κ3) is 5.75. The number of hydrogen-bond donors (Lipinski definition) is 1. The molecule has 5 rings (SSSR count). The minimum Gasteiger partial charge on any atom is -0.492 e. The largest absolute Gasteiger partial charge is 0.492 e. The van der Waals surface area contributed by atoms with Crippen molar-refractivity contribution in [1.29, 1.82) is 0 Å².